The van der Waals surface area contributed by atoms with Crippen molar-refractivity contribution >= 4 is 53.0 Å². The van der Waals surface area contributed by atoms with Crippen molar-refractivity contribution in [1.82, 2.24) is 25.1 Å². The number of β-lactam (4-membered cyclic amide) rings is 1. The van der Waals surface area contributed by atoms with Gasteiger partial charge < -0.3 is 26.0 Å². The Morgan fingerprint density at radius 1 is 1.33 bits per heavy atom. The Kier molecular flexibility index (Phi) is 7.10. The molecule has 192 valence electrons. The van der Waals surface area contributed by atoms with Gasteiger partial charge in [0.05, 0.1) is 0 Å². The predicted molar refractivity (Wildman–Crippen MR) is 127 cm³/mol. The van der Waals surface area contributed by atoms with E-state index in [0.29, 0.717) is 11.3 Å². The predicted octanol–water partition coefficient (Wildman–Crippen LogP) is -0.578. The van der Waals surface area contributed by atoms with E-state index in [1.54, 1.807) is 0 Å². The minimum absolute atomic E-state index is 0.00218. The van der Waals surface area contributed by atoms with Crippen molar-refractivity contribution < 1.29 is 34.5 Å². The van der Waals surface area contributed by atoms with Crippen molar-refractivity contribution in [2.45, 2.75) is 36.6 Å². The summed E-state index contributed by atoms with van der Waals surface area (Å²) in [5.74, 6) is -2.91. The molecule has 0 spiro atoms. The number of fused-ring (bicyclic) bond motifs is 1. The average Bonchev–Trinajstić information content (AvgIpc) is 3.26. The van der Waals surface area contributed by atoms with Gasteiger partial charge in [-0.25, -0.2) is 4.68 Å². The Hall–Kier alpha value is -3.37. The number of carboxylic acid groups (broad SMARTS) is 2. The van der Waals surface area contributed by atoms with Gasteiger partial charge in [-0.15, -0.1) is 16.9 Å². The number of nitrogens with two attached hydrogens (primary N) is 1. The van der Waals surface area contributed by atoms with Crippen molar-refractivity contribution in [2.75, 3.05) is 23.0 Å². The summed E-state index contributed by atoms with van der Waals surface area (Å²) in [6, 6.07) is 3.53. The third-order valence-corrected chi connectivity index (χ3v) is 8.81. The number of nitrogens with zero attached hydrogens (tertiary/aromatic N) is 6. The van der Waals surface area contributed by atoms with Crippen LogP contribution in [0.2, 0.25) is 0 Å². The molecule has 0 bridgehead atoms. The number of carbonyl (C=O) groups excluding carboxylic acids is 2. The van der Waals surface area contributed by atoms with Gasteiger partial charge in [0.1, 0.15) is 29.1 Å². The monoisotopic (exact) mass is 537 g/mol. The van der Waals surface area contributed by atoms with E-state index in [0.717, 1.165) is 16.4 Å². The van der Waals surface area contributed by atoms with Crippen LogP contribution in [-0.2, 0) is 32.3 Å². The van der Waals surface area contributed by atoms with E-state index in [9.17, 15) is 29.4 Å². The number of benzene rings is 1. The van der Waals surface area contributed by atoms with Crippen LogP contribution in [0.1, 0.15) is 12.5 Å². The molecule has 0 saturated carbocycles. The molecule has 1 aromatic carbocycles. The minimum atomic E-state index is -1.34. The maximum atomic E-state index is 13.2. The topological polar surface area (TPSA) is 205 Å². The average molecular weight is 538 g/mol. The lowest BCUT2D eigenvalue weighted by Gasteiger charge is -2.56. The first-order valence-electron chi connectivity index (χ1n) is 10.7. The number of anilines is 1. The van der Waals surface area contributed by atoms with E-state index in [1.165, 1.54) is 46.7 Å². The third kappa shape index (κ3) is 4.58. The molecule has 5 N–H and O–H groups in total. The molecular formula is C20H23N7O7S2. The number of hydrogen-bond acceptors (Lipinski definition) is 11. The Bertz CT molecular complexity index is 1220. The maximum absolute atomic E-state index is 13.2. The van der Waals surface area contributed by atoms with Crippen LogP contribution in [0, 0.1) is 5.41 Å². The fourth-order valence-corrected chi connectivity index (χ4v) is 6.98. The largest absolute Gasteiger partial charge is 0.508 e. The molecule has 2 saturated heterocycles. The van der Waals surface area contributed by atoms with Gasteiger partial charge in [0.2, 0.25) is 17.0 Å². The van der Waals surface area contributed by atoms with Crippen LogP contribution in [0.25, 0.3) is 0 Å². The molecule has 1 aromatic heterocycles. The number of amides is 2. The summed E-state index contributed by atoms with van der Waals surface area (Å²) in [6.07, 6.45) is 0. The highest BCUT2D eigenvalue weighted by Crippen LogP contribution is 2.46. The molecular weight excluding hydrogens is 514 g/mol. The number of thioether (sulfide) groups is 2. The molecule has 14 nitrogen and oxygen atoms in total. The molecule has 2 aromatic rings. The van der Waals surface area contributed by atoms with Crippen LogP contribution in [0.15, 0.2) is 23.4 Å². The van der Waals surface area contributed by atoms with Gasteiger partial charge in [0.25, 0.3) is 0 Å². The Labute approximate surface area is 212 Å². The fourth-order valence-electron chi connectivity index (χ4n) is 4.20. The zero-order valence-corrected chi connectivity index (χ0v) is 20.6. The number of phenols is 1. The van der Waals surface area contributed by atoms with Crippen molar-refractivity contribution in [2.24, 2.45) is 11.1 Å². The van der Waals surface area contributed by atoms with Gasteiger partial charge in [0.15, 0.2) is 0 Å². The van der Waals surface area contributed by atoms with E-state index < -0.39 is 41.2 Å². The first-order valence-corrected chi connectivity index (χ1v) is 12.7. The molecule has 0 aliphatic carbocycles. The van der Waals surface area contributed by atoms with Crippen LogP contribution < -0.4 is 10.6 Å². The van der Waals surface area contributed by atoms with Crippen LogP contribution in [-0.4, -0.2) is 93.6 Å². The highest BCUT2D eigenvalue weighted by Gasteiger charge is 2.59. The Balaban J connectivity index is 1.53. The number of aromatic hydroxyl groups is 1. The molecule has 16 heteroatoms. The fraction of sp³-hybridized carbons (Fsp3) is 0.450. The van der Waals surface area contributed by atoms with Gasteiger partial charge >= 0.3 is 11.9 Å². The molecule has 2 amide bonds. The number of hydrogen-bond donors (Lipinski definition) is 4. The van der Waals surface area contributed by atoms with Crippen molar-refractivity contribution in [3.05, 3.63) is 23.8 Å². The molecule has 36 heavy (non-hydrogen) atoms. The normalized spacial score (nSPS) is 23.1. The van der Waals surface area contributed by atoms with Crippen molar-refractivity contribution in [3.8, 4) is 5.75 Å². The SMILES string of the molecule is CC(=O)N(c1ccc(O)cc1CN)C1C(=O)N2CC(CSc3nnnn3CC(=O)O)(C(=O)O)CS[C@H]12. The second kappa shape index (κ2) is 9.94. The molecule has 2 fully saturated rings. The minimum Gasteiger partial charge on any atom is -0.508 e. The Morgan fingerprint density at radius 3 is 2.72 bits per heavy atom. The zero-order valence-electron chi connectivity index (χ0n) is 19.0. The summed E-state index contributed by atoms with van der Waals surface area (Å²) in [5, 5.41) is 39.4. The summed E-state index contributed by atoms with van der Waals surface area (Å²) in [6.45, 7) is 0.808. The number of rotatable bonds is 9. The molecule has 4 rings (SSSR count). The lowest BCUT2D eigenvalue weighted by Crippen LogP contribution is -2.74. The van der Waals surface area contributed by atoms with E-state index in [2.05, 4.69) is 15.5 Å². The quantitative estimate of drug-likeness (QED) is 0.234. The van der Waals surface area contributed by atoms with E-state index in [-0.39, 0.29) is 41.4 Å². The molecule has 2 unspecified atom stereocenters. The van der Waals surface area contributed by atoms with Gasteiger partial charge in [-0.05, 0) is 34.2 Å². The van der Waals surface area contributed by atoms with E-state index >= 15 is 0 Å². The van der Waals surface area contributed by atoms with Gasteiger partial charge in [-0.2, -0.15) is 0 Å². The molecule has 3 heterocycles. The third-order valence-electron chi connectivity index (χ3n) is 5.99. The van der Waals surface area contributed by atoms with Gasteiger partial charge in [-0.3, -0.25) is 24.1 Å². The summed E-state index contributed by atoms with van der Waals surface area (Å²) in [5.41, 5.74) is 5.37. The highest BCUT2D eigenvalue weighted by molar-refractivity contribution is 8.00. The lowest BCUT2D eigenvalue weighted by molar-refractivity contribution is -0.156. The van der Waals surface area contributed by atoms with Crippen LogP contribution >= 0.6 is 23.5 Å². The van der Waals surface area contributed by atoms with Crippen LogP contribution in [0.5, 0.6) is 5.75 Å². The second-order valence-corrected chi connectivity index (χ2v) is 10.5. The van der Waals surface area contributed by atoms with Crippen molar-refractivity contribution in [1.29, 1.82) is 0 Å². The summed E-state index contributed by atoms with van der Waals surface area (Å²) in [4.78, 5) is 52.0. The molecule has 2 aliphatic rings. The molecule has 0 radical (unpaired) electrons. The lowest BCUT2D eigenvalue weighted by atomic mass is 9.89. The number of phenolic OH excluding ortho intramolecular Hbond substituents is 1. The smallest absolute Gasteiger partial charge is 0.325 e. The number of carbonyl (C=O) groups is 4. The number of tetrazole rings is 1. The van der Waals surface area contributed by atoms with Gasteiger partial charge in [0, 0.05) is 37.2 Å². The van der Waals surface area contributed by atoms with Crippen LogP contribution in [0.3, 0.4) is 0 Å². The number of aromatic nitrogens is 4. The van der Waals surface area contributed by atoms with Crippen molar-refractivity contribution in [3.63, 3.8) is 0 Å². The maximum Gasteiger partial charge on any atom is 0.325 e. The zero-order chi connectivity index (χ0) is 26.2. The molecule has 2 aliphatic heterocycles. The van der Waals surface area contributed by atoms with E-state index in [1.807, 2.05) is 0 Å². The van der Waals surface area contributed by atoms with Crippen LogP contribution in [0.4, 0.5) is 5.69 Å². The first kappa shape index (κ1) is 25.7. The Morgan fingerprint density at radius 2 is 2.08 bits per heavy atom. The summed E-state index contributed by atoms with van der Waals surface area (Å²) < 4.78 is 1.06. The number of carboxylic acids is 2. The second-order valence-electron chi connectivity index (χ2n) is 8.41. The first-order chi connectivity index (χ1) is 17.1. The standard InChI is InChI=1S/C20H23N7O7S2/c1-10(28)27(13-3-2-12(29)4-11(13)5-21)15-16(32)25-7-20(18(33)34,8-35-17(15)25)9-36-19-22-23-24-26(19)6-14(30)31/h2-4,15,17,29H,5-9,21H2,1H3,(H,30,31)(H,33,34)/t15?,17-,20?/m1/s1. The van der Waals surface area contributed by atoms with E-state index in [4.69, 9.17) is 10.8 Å². The van der Waals surface area contributed by atoms with Gasteiger partial charge in [-0.1, -0.05) is 11.8 Å². The molecule has 3 atom stereocenters. The summed E-state index contributed by atoms with van der Waals surface area (Å²) >= 11 is 2.26. The number of aliphatic carboxylic acids is 2. The summed E-state index contributed by atoms with van der Waals surface area (Å²) in [7, 11) is 0. The highest BCUT2D eigenvalue weighted by atomic mass is 32.2.